The maximum Gasteiger partial charge on any atom is 0.315 e. The molecule has 0 radical (unpaired) electrons. The average Bonchev–Trinajstić information content (AvgIpc) is 2.90. The number of hydrogen-bond acceptors (Lipinski definition) is 2. The fourth-order valence-corrected chi connectivity index (χ4v) is 2.10. The van der Waals surface area contributed by atoms with Crippen LogP contribution < -0.4 is 10.6 Å². The van der Waals surface area contributed by atoms with Gasteiger partial charge >= 0.3 is 6.03 Å². The fraction of sp³-hybridized carbons (Fsp3) is 0.909. The third kappa shape index (κ3) is 2.62. The molecule has 3 N–H and O–H groups in total. The number of amides is 2. The third-order valence-electron chi connectivity index (χ3n) is 3.63. The van der Waals surface area contributed by atoms with Gasteiger partial charge in [-0.25, -0.2) is 4.79 Å². The number of hydrogen-bond donors (Lipinski definition) is 3. The maximum atomic E-state index is 11.4. The lowest BCUT2D eigenvalue weighted by molar-refractivity contribution is -0.0290. The highest BCUT2D eigenvalue weighted by Gasteiger charge is 2.38. The van der Waals surface area contributed by atoms with E-state index in [1.807, 2.05) is 0 Å². The van der Waals surface area contributed by atoms with Crippen LogP contribution in [-0.4, -0.2) is 29.3 Å². The maximum absolute atomic E-state index is 11.4. The average molecular weight is 212 g/mol. The lowest BCUT2D eigenvalue weighted by Crippen LogP contribution is -2.50. The molecule has 4 nitrogen and oxygen atoms in total. The summed E-state index contributed by atoms with van der Waals surface area (Å²) in [6, 6.07) is 0.238. The number of aliphatic hydroxyl groups is 1. The summed E-state index contributed by atoms with van der Waals surface area (Å²) in [6.45, 7) is 2.53. The second kappa shape index (κ2) is 4.00. The number of nitrogens with one attached hydrogen (secondary N) is 2. The summed E-state index contributed by atoms with van der Waals surface area (Å²) in [7, 11) is 0. The summed E-state index contributed by atoms with van der Waals surface area (Å²) in [6.07, 6.45) is 4.94. The van der Waals surface area contributed by atoms with Crippen LogP contribution in [0, 0.1) is 5.92 Å². The van der Waals surface area contributed by atoms with Crippen LogP contribution in [0.25, 0.3) is 0 Å². The van der Waals surface area contributed by atoms with Crippen LogP contribution in [0.5, 0.6) is 0 Å². The topological polar surface area (TPSA) is 61.4 Å². The number of carbonyl (C=O) groups excluding carboxylic acids is 1. The van der Waals surface area contributed by atoms with E-state index in [1.54, 1.807) is 0 Å². The monoisotopic (exact) mass is 212 g/mol. The Labute approximate surface area is 90.4 Å². The van der Waals surface area contributed by atoms with Crippen molar-refractivity contribution in [3.8, 4) is 0 Å². The molecule has 0 heterocycles. The molecule has 2 aliphatic rings. The molecule has 15 heavy (non-hydrogen) atoms. The van der Waals surface area contributed by atoms with E-state index in [4.69, 9.17) is 0 Å². The van der Waals surface area contributed by atoms with Crippen molar-refractivity contribution < 1.29 is 9.90 Å². The first-order valence-corrected chi connectivity index (χ1v) is 5.90. The predicted molar refractivity (Wildman–Crippen MR) is 57.5 cm³/mol. The van der Waals surface area contributed by atoms with Crippen molar-refractivity contribution in [3.05, 3.63) is 0 Å². The first kappa shape index (κ1) is 10.7. The number of urea groups is 1. The molecule has 0 aromatic rings. The minimum atomic E-state index is -0.620. The molecule has 86 valence electrons. The summed E-state index contributed by atoms with van der Waals surface area (Å²) in [4.78, 5) is 11.4. The van der Waals surface area contributed by atoms with Crippen molar-refractivity contribution >= 4 is 6.03 Å². The van der Waals surface area contributed by atoms with E-state index in [2.05, 4.69) is 17.6 Å². The molecule has 0 spiro atoms. The van der Waals surface area contributed by atoms with E-state index in [1.165, 1.54) is 0 Å². The second-order valence-corrected chi connectivity index (χ2v) is 4.92. The summed E-state index contributed by atoms with van der Waals surface area (Å²) in [5.74, 6) is 0.669. The van der Waals surface area contributed by atoms with E-state index in [0.29, 0.717) is 18.5 Å². The molecule has 0 saturated heterocycles. The molecular formula is C11H20N2O2. The molecule has 2 fully saturated rings. The van der Waals surface area contributed by atoms with E-state index in [9.17, 15) is 9.90 Å². The van der Waals surface area contributed by atoms with Gasteiger partial charge in [0.2, 0.25) is 0 Å². The van der Waals surface area contributed by atoms with Gasteiger partial charge in [0.25, 0.3) is 0 Å². The molecule has 4 heteroatoms. The van der Waals surface area contributed by atoms with Gasteiger partial charge in [0.1, 0.15) is 0 Å². The van der Waals surface area contributed by atoms with Gasteiger partial charge in [-0.3, -0.25) is 0 Å². The predicted octanol–water partition coefficient (Wildman–Crippen LogP) is 0.999. The molecule has 0 bridgehead atoms. The zero-order valence-corrected chi connectivity index (χ0v) is 9.25. The van der Waals surface area contributed by atoms with Gasteiger partial charge in [0.05, 0.1) is 5.60 Å². The van der Waals surface area contributed by atoms with Gasteiger partial charge in [-0.15, -0.1) is 0 Å². The molecule has 0 unspecified atom stereocenters. The first-order chi connectivity index (χ1) is 7.13. The highest BCUT2D eigenvalue weighted by Crippen LogP contribution is 2.33. The van der Waals surface area contributed by atoms with Crippen molar-refractivity contribution in [2.75, 3.05) is 6.54 Å². The largest absolute Gasteiger partial charge is 0.388 e. The van der Waals surface area contributed by atoms with Crippen LogP contribution >= 0.6 is 0 Å². The van der Waals surface area contributed by atoms with Crippen LogP contribution in [0.2, 0.25) is 0 Å². The third-order valence-corrected chi connectivity index (χ3v) is 3.63. The van der Waals surface area contributed by atoms with Crippen LogP contribution in [0.1, 0.15) is 39.0 Å². The molecule has 2 saturated carbocycles. The fourth-order valence-electron chi connectivity index (χ4n) is 2.10. The van der Waals surface area contributed by atoms with Crippen molar-refractivity contribution in [3.63, 3.8) is 0 Å². The number of rotatable bonds is 4. The molecular weight excluding hydrogens is 192 g/mol. The van der Waals surface area contributed by atoms with Crippen LogP contribution in [0.4, 0.5) is 4.79 Å². The first-order valence-electron chi connectivity index (χ1n) is 5.90. The standard InChI is InChI=1S/C11H20N2O2/c1-2-8-6-9(8)13-10(14)12-7-11(15)4-3-5-11/h8-9,15H,2-7H2,1H3,(H2,12,13,14)/t8-,9-/m1/s1. The van der Waals surface area contributed by atoms with Crippen LogP contribution in [0.15, 0.2) is 0 Å². The van der Waals surface area contributed by atoms with E-state index in [0.717, 1.165) is 32.1 Å². The Morgan fingerprint density at radius 2 is 2.27 bits per heavy atom. The summed E-state index contributed by atoms with van der Waals surface area (Å²) < 4.78 is 0. The lowest BCUT2D eigenvalue weighted by Gasteiger charge is -2.36. The van der Waals surface area contributed by atoms with Gasteiger partial charge in [0.15, 0.2) is 0 Å². The van der Waals surface area contributed by atoms with Gasteiger partial charge in [-0.2, -0.15) is 0 Å². The highest BCUT2D eigenvalue weighted by molar-refractivity contribution is 5.74. The molecule has 0 aromatic carbocycles. The van der Waals surface area contributed by atoms with Crippen LogP contribution in [-0.2, 0) is 0 Å². The second-order valence-electron chi connectivity index (χ2n) is 4.92. The Kier molecular flexibility index (Phi) is 2.87. The van der Waals surface area contributed by atoms with Gasteiger partial charge < -0.3 is 15.7 Å². The number of carbonyl (C=O) groups is 1. The van der Waals surface area contributed by atoms with Crippen LogP contribution in [0.3, 0.4) is 0 Å². The SMILES string of the molecule is CC[C@@H]1C[C@H]1NC(=O)NCC1(O)CCC1. The normalized spacial score (nSPS) is 31.6. The Balaban J connectivity index is 1.61. The summed E-state index contributed by atoms with van der Waals surface area (Å²) in [5, 5.41) is 15.4. The zero-order valence-electron chi connectivity index (χ0n) is 9.25. The molecule has 0 aromatic heterocycles. The Morgan fingerprint density at radius 3 is 2.73 bits per heavy atom. The molecule has 2 atom stereocenters. The summed E-state index contributed by atoms with van der Waals surface area (Å²) >= 11 is 0. The van der Waals surface area contributed by atoms with E-state index in [-0.39, 0.29) is 6.03 Å². The Bertz CT molecular complexity index is 251. The quantitative estimate of drug-likeness (QED) is 0.651. The van der Waals surface area contributed by atoms with E-state index >= 15 is 0 Å². The molecule has 0 aliphatic heterocycles. The smallest absolute Gasteiger partial charge is 0.315 e. The molecule has 2 rings (SSSR count). The summed E-state index contributed by atoms with van der Waals surface area (Å²) in [5.41, 5.74) is -0.620. The van der Waals surface area contributed by atoms with Gasteiger partial charge in [-0.05, 0) is 31.6 Å². The minimum Gasteiger partial charge on any atom is -0.388 e. The highest BCUT2D eigenvalue weighted by atomic mass is 16.3. The Morgan fingerprint density at radius 1 is 1.53 bits per heavy atom. The van der Waals surface area contributed by atoms with Crippen molar-refractivity contribution in [2.24, 2.45) is 5.92 Å². The van der Waals surface area contributed by atoms with Crippen molar-refractivity contribution in [1.82, 2.24) is 10.6 Å². The van der Waals surface area contributed by atoms with Gasteiger partial charge in [0, 0.05) is 12.6 Å². The van der Waals surface area contributed by atoms with Crippen molar-refractivity contribution in [2.45, 2.75) is 50.7 Å². The minimum absolute atomic E-state index is 0.128. The van der Waals surface area contributed by atoms with E-state index < -0.39 is 5.60 Å². The Hall–Kier alpha value is -0.770. The lowest BCUT2D eigenvalue weighted by atomic mass is 9.80. The molecule has 2 aliphatic carbocycles. The van der Waals surface area contributed by atoms with Crippen molar-refractivity contribution in [1.29, 1.82) is 0 Å². The van der Waals surface area contributed by atoms with Gasteiger partial charge in [-0.1, -0.05) is 13.3 Å². The molecule has 2 amide bonds. The zero-order chi connectivity index (χ0) is 10.9.